The molecule has 0 fully saturated rings. The number of aryl methyl sites for hydroxylation is 2. The fraction of sp³-hybridized carbons (Fsp3) is 0.250. The van der Waals surface area contributed by atoms with E-state index in [1.165, 1.54) is 13.3 Å². The van der Waals surface area contributed by atoms with Gasteiger partial charge in [0.2, 0.25) is 6.54 Å². The van der Waals surface area contributed by atoms with E-state index in [2.05, 4.69) is 5.32 Å². The van der Waals surface area contributed by atoms with E-state index in [1.807, 2.05) is 50.2 Å². The smallest absolute Gasteiger partial charge is 0.336 e. The molecule has 0 aliphatic heterocycles. The third-order valence-corrected chi connectivity index (χ3v) is 4.02. The lowest BCUT2D eigenvalue weighted by Gasteiger charge is -2.17. The number of carbonyl (C=O) groups is 1. The van der Waals surface area contributed by atoms with Gasteiger partial charge >= 0.3 is 5.97 Å². The van der Waals surface area contributed by atoms with Crippen molar-refractivity contribution in [3.05, 3.63) is 87.1 Å². The van der Waals surface area contributed by atoms with Crippen molar-refractivity contribution in [3.8, 4) is 0 Å². The molecule has 0 bridgehead atoms. The summed E-state index contributed by atoms with van der Waals surface area (Å²) < 4.78 is 4.86. The summed E-state index contributed by atoms with van der Waals surface area (Å²) in [6.45, 7) is 3.49. The molecule has 0 aromatic heterocycles. The Bertz CT molecular complexity index is 813. The average molecular weight is 354 g/mol. The van der Waals surface area contributed by atoms with Crippen LogP contribution in [0.25, 0.3) is 0 Å². The molecule has 0 saturated carbocycles. The molecule has 2 rings (SSSR count). The van der Waals surface area contributed by atoms with Crippen molar-refractivity contribution < 1.29 is 14.5 Å². The third kappa shape index (κ3) is 5.17. The van der Waals surface area contributed by atoms with Crippen molar-refractivity contribution in [1.82, 2.24) is 0 Å². The molecule has 0 heterocycles. The summed E-state index contributed by atoms with van der Waals surface area (Å²) in [4.78, 5) is 23.1. The minimum atomic E-state index is -0.713. The minimum absolute atomic E-state index is 0.203. The van der Waals surface area contributed by atoms with Gasteiger partial charge in [-0.3, -0.25) is 10.1 Å². The van der Waals surface area contributed by atoms with Crippen LogP contribution in [-0.2, 0) is 9.53 Å². The van der Waals surface area contributed by atoms with Gasteiger partial charge in [-0.15, -0.1) is 0 Å². The Labute approximate surface area is 152 Å². The highest BCUT2D eigenvalue weighted by Gasteiger charge is 2.28. The zero-order valence-electron chi connectivity index (χ0n) is 15.1. The minimum Gasteiger partial charge on any atom is -0.466 e. The molecule has 0 amide bonds. The van der Waals surface area contributed by atoms with Gasteiger partial charge in [-0.1, -0.05) is 42.0 Å². The van der Waals surface area contributed by atoms with Gasteiger partial charge in [0.25, 0.3) is 0 Å². The SMILES string of the molecule is COC(=O)/C(=C\Nc1cccc(C)c1)C(C[N+](=O)[O-])c1ccc(C)cc1. The van der Waals surface area contributed by atoms with Crippen LogP contribution >= 0.6 is 0 Å². The number of nitro groups is 1. The summed E-state index contributed by atoms with van der Waals surface area (Å²) in [6.07, 6.45) is 1.49. The van der Waals surface area contributed by atoms with Crippen LogP contribution in [-0.4, -0.2) is 24.5 Å². The number of esters is 1. The lowest BCUT2D eigenvalue weighted by atomic mass is 9.91. The fourth-order valence-corrected chi connectivity index (χ4v) is 2.65. The van der Waals surface area contributed by atoms with E-state index in [-0.39, 0.29) is 5.57 Å². The quantitative estimate of drug-likeness (QED) is 0.354. The number of hydrogen-bond acceptors (Lipinski definition) is 5. The Hall–Kier alpha value is -3.15. The van der Waals surface area contributed by atoms with E-state index in [0.717, 1.165) is 16.8 Å². The highest BCUT2D eigenvalue weighted by molar-refractivity contribution is 5.90. The molecule has 1 atom stereocenters. The van der Waals surface area contributed by atoms with Crippen LogP contribution in [0.4, 0.5) is 5.69 Å². The maximum atomic E-state index is 12.3. The van der Waals surface area contributed by atoms with Gasteiger partial charge < -0.3 is 10.1 Å². The second kappa shape index (κ2) is 8.80. The van der Waals surface area contributed by atoms with E-state index in [1.54, 1.807) is 12.1 Å². The molecule has 26 heavy (non-hydrogen) atoms. The standard InChI is InChI=1S/C20H22N2O4/c1-14-7-9-16(10-8-14)19(13-22(24)25)18(20(23)26-3)12-21-17-6-4-5-15(2)11-17/h4-12,19,21H,13H2,1-3H3/b18-12-. The lowest BCUT2D eigenvalue weighted by Crippen LogP contribution is -2.21. The molecule has 2 aromatic carbocycles. The topological polar surface area (TPSA) is 81.5 Å². The molecule has 6 heteroatoms. The second-order valence-electron chi connectivity index (χ2n) is 6.08. The summed E-state index contributed by atoms with van der Waals surface area (Å²) >= 11 is 0. The third-order valence-electron chi connectivity index (χ3n) is 4.02. The number of nitrogens with zero attached hydrogens (tertiary/aromatic N) is 1. The lowest BCUT2D eigenvalue weighted by molar-refractivity contribution is -0.481. The molecule has 1 unspecified atom stereocenters. The monoisotopic (exact) mass is 354 g/mol. The predicted molar refractivity (Wildman–Crippen MR) is 101 cm³/mol. The molecule has 0 saturated heterocycles. The van der Waals surface area contributed by atoms with Gasteiger partial charge in [0.1, 0.15) is 0 Å². The molecule has 0 aliphatic rings. The number of rotatable bonds is 7. The van der Waals surface area contributed by atoms with E-state index < -0.39 is 23.4 Å². The second-order valence-corrected chi connectivity index (χ2v) is 6.08. The number of ether oxygens (including phenoxy) is 1. The van der Waals surface area contributed by atoms with E-state index in [4.69, 9.17) is 4.74 Å². The van der Waals surface area contributed by atoms with E-state index >= 15 is 0 Å². The van der Waals surface area contributed by atoms with Crippen molar-refractivity contribution >= 4 is 11.7 Å². The highest BCUT2D eigenvalue weighted by atomic mass is 16.6. The first-order valence-electron chi connectivity index (χ1n) is 8.20. The number of anilines is 1. The van der Waals surface area contributed by atoms with E-state index in [9.17, 15) is 14.9 Å². The molecule has 0 radical (unpaired) electrons. The largest absolute Gasteiger partial charge is 0.466 e. The molecule has 6 nitrogen and oxygen atoms in total. The van der Waals surface area contributed by atoms with Gasteiger partial charge in [-0.05, 0) is 37.1 Å². The molecule has 136 valence electrons. The number of benzene rings is 2. The van der Waals surface area contributed by atoms with Gasteiger partial charge in [0.15, 0.2) is 0 Å². The van der Waals surface area contributed by atoms with Crippen molar-refractivity contribution in [2.75, 3.05) is 19.0 Å². The molecular weight excluding hydrogens is 332 g/mol. The van der Waals surface area contributed by atoms with Crippen LogP contribution in [0.3, 0.4) is 0 Å². The zero-order chi connectivity index (χ0) is 19.1. The van der Waals surface area contributed by atoms with Crippen LogP contribution in [0.2, 0.25) is 0 Å². The fourth-order valence-electron chi connectivity index (χ4n) is 2.65. The summed E-state index contributed by atoms with van der Waals surface area (Å²) in [5, 5.41) is 14.2. The average Bonchev–Trinajstić information content (AvgIpc) is 2.61. The molecule has 1 N–H and O–H groups in total. The zero-order valence-corrected chi connectivity index (χ0v) is 15.1. The van der Waals surface area contributed by atoms with Crippen molar-refractivity contribution in [2.45, 2.75) is 19.8 Å². The number of methoxy groups -OCH3 is 1. The first kappa shape index (κ1) is 19.2. The molecular formula is C20H22N2O4. The Kier molecular flexibility index (Phi) is 6.49. The maximum Gasteiger partial charge on any atom is 0.336 e. The number of hydrogen-bond donors (Lipinski definition) is 1. The van der Waals surface area contributed by atoms with Crippen LogP contribution in [0.5, 0.6) is 0 Å². The van der Waals surface area contributed by atoms with Crippen molar-refractivity contribution in [1.29, 1.82) is 0 Å². The highest BCUT2D eigenvalue weighted by Crippen LogP contribution is 2.26. The summed E-state index contributed by atoms with van der Waals surface area (Å²) in [7, 11) is 1.27. The maximum absolute atomic E-state index is 12.3. The van der Waals surface area contributed by atoms with Crippen LogP contribution < -0.4 is 5.32 Å². The summed E-state index contributed by atoms with van der Waals surface area (Å²) in [6, 6.07) is 14.9. The van der Waals surface area contributed by atoms with Crippen molar-refractivity contribution in [3.63, 3.8) is 0 Å². The van der Waals surface area contributed by atoms with Crippen LogP contribution in [0.1, 0.15) is 22.6 Å². The van der Waals surface area contributed by atoms with Crippen LogP contribution in [0, 0.1) is 24.0 Å². The molecule has 0 aliphatic carbocycles. The summed E-state index contributed by atoms with van der Waals surface area (Å²) in [5.74, 6) is -1.31. The molecule has 2 aromatic rings. The Morgan fingerprint density at radius 1 is 1.19 bits per heavy atom. The summed E-state index contributed by atoms with van der Waals surface area (Å²) in [5.41, 5.74) is 3.78. The van der Waals surface area contributed by atoms with Crippen molar-refractivity contribution in [2.24, 2.45) is 0 Å². The first-order valence-corrected chi connectivity index (χ1v) is 8.20. The molecule has 0 spiro atoms. The van der Waals surface area contributed by atoms with Gasteiger partial charge in [0, 0.05) is 16.8 Å². The van der Waals surface area contributed by atoms with Gasteiger partial charge in [-0.2, -0.15) is 0 Å². The van der Waals surface area contributed by atoms with Gasteiger partial charge in [-0.25, -0.2) is 4.79 Å². The van der Waals surface area contributed by atoms with Crippen LogP contribution in [0.15, 0.2) is 60.3 Å². The number of nitrogens with one attached hydrogen (secondary N) is 1. The Morgan fingerprint density at radius 2 is 1.88 bits per heavy atom. The predicted octanol–water partition coefficient (Wildman–Crippen LogP) is 3.83. The number of carbonyl (C=O) groups excluding carboxylic acids is 1. The normalized spacial score (nSPS) is 12.3. The Morgan fingerprint density at radius 3 is 2.46 bits per heavy atom. The first-order chi connectivity index (χ1) is 12.4. The van der Waals surface area contributed by atoms with Gasteiger partial charge in [0.05, 0.1) is 18.6 Å². The van der Waals surface area contributed by atoms with E-state index in [0.29, 0.717) is 5.56 Å². The Balaban J connectivity index is 2.41.